The first-order valence-electron chi connectivity index (χ1n) is 8.55. The molecule has 21 heavy (non-hydrogen) atoms. The Morgan fingerprint density at radius 1 is 1.14 bits per heavy atom. The Morgan fingerprint density at radius 3 is 2.81 bits per heavy atom. The van der Waals surface area contributed by atoms with Crippen molar-refractivity contribution in [3.63, 3.8) is 0 Å². The number of benzene rings is 1. The molecule has 3 saturated carbocycles. The number of phenolic OH excluding ortho intramolecular Hbond substituents is 1. The van der Waals surface area contributed by atoms with Gasteiger partial charge in [0.2, 0.25) is 0 Å². The fraction of sp³-hybridized carbons (Fsp3) is 0.684. The van der Waals surface area contributed by atoms with Gasteiger partial charge in [-0.25, -0.2) is 0 Å². The zero-order valence-corrected chi connectivity index (χ0v) is 12.7. The summed E-state index contributed by atoms with van der Waals surface area (Å²) in [6.45, 7) is 2.45. The minimum Gasteiger partial charge on any atom is -0.508 e. The van der Waals surface area contributed by atoms with E-state index in [1.54, 1.807) is 0 Å². The van der Waals surface area contributed by atoms with Gasteiger partial charge in [-0.05, 0) is 90.4 Å². The lowest BCUT2D eigenvalue weighted by Crippen LogP contribution is -2.43. The zero-order valence-electron chi connectivity index (χ0n) is 12.7. The molecule has 0 heterocycles. The van der Waals surface area contributed by atoms with Crippen LogP contribution < -0.4 is 0 Å². The maximum atomic E-state index is 10.4. The monoisotopic (exact) mass is 284 g/mol. The summed E-state index contributed by atoms with van der Waals surface area (Å²) in [6, 6.07) is 6.01. The molecule has 4 aliphatic carbocycles. The standard InChI is InChI=1S/C19H24O2/c1-18-7-6-14-13-4-3-12(20)8-11(13)2-5-15(14)19(18)9-16(19)17(21)10-18/h3-4,8,14-17,20-21H,2,5-7,9-10H2,1H3/t14-,15-,16-,17-,18-,19+/m1/s1. The van der Waals surface area contributed by atoms with Gasteiger partial charge in [-0.15, -0.1) is 0 Å². The number of hydrogen-bond acceptors (Lipinski definition) is 2. The van der Waals surface area contributed by atoms with Gasteiger partial charge < -0.3 is 10.2 Å². The SMILES string of the molecule is C[C@]12CC[C@@H]3c4ccc(O)cc4CC[C@H]3[C@]13C[C@@H]3[C@H](O)C2. The molecule has 0 radical (unpaired) electrons. The molecule has 0 saturated heterocycles. The number of hydrogen-bond donors (Lipinski definition) is 2. The van der Waals surface area contributed by atoms with Gasteiger partial charge in [-0.3, -0.25) is 0 Å². The molecule has 0 unspecified atom stereocenters. The van der Waals surface area contributed by atoms with Crippen LogP contribution in [-0.2, 0) is 6.42 Å². The Hall–Kier alpha value is -1.02. The van der Waals surface area contributed by atoms with Crippen LogP contribution in [-0.4, -0.2) is 16.3 Å². The molecule has 4 aliphatic rings. The van der Waals surface area contributed by atoms with E-state index < -0.39 is 0 Å². The van der Waals surface area contributed by atoms with Gasteiger partial charge in [0.25, 0.3) is 0 Å². The van der Waals surface area contributed by atoms with Gasteiger partial charge in [-0.1, -0.05) is 13.0 Å². The molecule has 2 N–H and O–H groups in total. The Kier molecular flexibility index (Phi) is 2.18. The largest absolute Gasteiger partial charge is 0.508 e. The summed E-state index contributed by atoms with van der Waals surface area (Å²) < 4.78 is 0. The van der Waals surface area contributed by atoms with Gasteiger partial charge in [0.15, 0.2) is 0 Å². The van der Waals surface area contributed by atoms with Crippen molar-refractivity contribution >= 4 is 0 Å². The maximum absolute atomic E-state index is 10.4. The molecular weight excluding hydrogens is 260 g/mol. The minimum absolute atomic E-state index is 0.0463. The lowest BCUT2D eigenvalue weighted by molar-refractivity contribution is 0.0171. The Balaban J connectivity index is 1.59. The van der Waals surface area contributed by atoms with Crippen molar-refractivity contribution in [2.24, 2.45) is 22.7 Å². The predicted octanol–water partition coefficient (Wildman–Crippen LogP) is 3.61. The average Bonchev–Trinajstić information content (AvgIpc) is 3.15. The third-order valence-electron chi connectivity index (χ3n) is 7.71. The van der Waals surface area contributed by atoms with Gasteiger partial charge in [0.1, 0.15) is 5.75 Å². The quantitative estimate of drug-likeness (QED) is 0.764. The average molecular weight is 284 g/mol. The summed E-state index contributed by atoms with van der Waals surface area (Å²) >= 11 is 0. The Labute approximate surface area is 126 Å². The van der Waals surface area contributed by atoms with Crippen molar-refractivity contribution in [1.82, 2.24) is 0 Å². The highest BCUT2D eigenvalue weighted by Gasteiger charge is 2.76. The highest BCUT2D eigenvalue weighted by molar-refractivity contribution is 5.42. The van der Waals surface area contributed by atoms with E-state index >= 15 is 0 Å². The van der Waals surface area contributed by atoms with E-state index in [0.29, 0.717) is 28.4 Å². The van der Waals surface area contributed by atoms with Gasteiger partial charge in [-0.2, -0.15) is 0 Å². The lowest BCUT2D eigenvalue weighted by Gasteiger charge is -2.51. The van der Waals surface area contributed by atoms with Crippen molar-refractivity contribution in [3.05, 3.63) is 29.3 Å². The van der Waals surface area contributed by atoms with Gasteiger partial charge in [0.05, 0.1) is 6.10 Å². The van der Waals surface area contributed by atoms with Crippen molar-refractivity contribution in [2.75, 3.05) is 0 Å². The molecule has 0 bridgehead atoms. The highest BCUT2D eigenvalue weighted by Crippen LogP contribution is 2.81. The molecular formula is C19H24O2. The Morgan fingerprint density at radius 2 is 2.00 bits per heavy atom. The van der Waals surface area contributed by atoms with E-state index in [0.717, 1.165) is 18.8 Å². The molecule has 0 aromatic heterocycles. The lowest BCUT2D eigenvalue weighted by atomic mass is 9.53. The number of rotatable bonds is 0. The van der Waals surface area contributed by atoms with E-state index in [-0.39, 0.29) is 6.10 Å². The number of aliphatic hydroxyl groups is 1. The molecule has 3 fully saturated rings. The first-order valence-corrected chi connectivity index (χ1v) is 8.55. The van der Waals surface area contributed by atoms with E-state index in [9.17, 15) is 10.2 Å². The summed E-state index contributed by atoms with van der Waals surface area (Å²) in [6.07, 6.45) is 7.13. The van der Waals surface area contributed by atoms with Crippen LogP contribution in [0.4, 0.5) is 0 Å². The zero-order chi connectivity index (χ0) is 14.4. The molecule has 1 aromatic carbocycles. The summed E-state index contributed by atoms with van der Waals surface area (Å²) in [5.74, 6) is 2.41. The highest BCUT2D eigenvalue weighted by atomic mass is 16.3. The van der Waals surface area contributed by atoms with Crippen LogP contribution >= 0.6 is 0 Å². The number of aromatic hydroxyl groups is 1. The van der Waals surface area contributed by atoms with Crippen LogP contribution in [0.15, 0.2) is 18.2 Å². The van der Waals surface area contributed by atoms with Crippen molar-refractivity contribution in [3.8, 4) is 5.75 Å². The molecule has 6 atom stereocenters. The van der Waals surface area contributed by atoms with Crippen LogP contribution in [0.2, 0.25) is 0 Å². The maximum Gasteiger partial charge on any atom is 0.115 e. The van der Waals surface area contributed by atoms with E-state index in [1.807, 2.05) is 12.1 Å². The smallest absolute Gasteiger partial charge is 0.115 e. The Bertz CT molecular complexity index is 624. The van der Waals surface area contributed by atoms with Crippen molar-refractivity contribution in [2.45, 2.75) is 57.5 Å². The van der Waals surface area contributed by atoms with Gasteiger partial charge >= 0.3 is 0 Å². The van der Waals surface area contributed by atoms with Crippen molar-refractivity contribution < 1.29 is 10.2 Å². The second-order valence-corrected chi connectivity index (χ2v) is 8.36. The molecule has 112 valence electrons. The third-order valence-corrected chi connectivity index (χ3v) is 7.71. The molecule has 0 amide bonds. The van der Waals surface area contributed by atoms with E-state index in [2.05, 4.69) is 13.0 Å². The van der Waals surface area contributed by atoms with Crippen LogP contribution in [0.25, 0.3) is 0 Å². The predicted molar refractivity (Wildman–Crippen MR) is 81.2 cm³/mol. The van der Waals surface area contributed by atoms with Gasteiger partial charge in [0, 0.05) is 0 Å². The van der Waals surface area contributed by atoms with Crippen LogP contribution in [0, 0.1) is 22.7 Å². The molecule has 0 aliphatic heterocycles. The molecule has 1 aromatic rings. The van der Waals surface area contributed by atoms with E-state index in [1.165, 1.54) is 36.8 Å². The summed E-state index contributed by atoms with van der Waals surface area (Å²) in [5, 5.41) is 20.2. The minimum atomic E-state index is -0.0463. The van der Waals surface area contributed by atoms with Crippen LogP contribution in [0.5, 0.6) is 5.75 Å². The van der Waals surface area contributed by atoms with E-state index in [4.69, 9.17) is 0 Å². The number of aliphatic hydroxyl groups excluding tert-OH is 1. The fourth-order valence-corrected chi connectivity index (χ4v) is 6.83. The molecule has 5 rings (SSSR count). The second kappa shape index (κ2) is 3.65. The molecule has 2 nitrogen and oxygen atoms in total. The number of aryl methyl sites for hydroxylation is 1. The molecule has 1 spiro atoms. The number of fused-ring (bicyclic) bond motifs is 3. The summed E-state index contributed by atoms with van der Waals surface area (Å²) in [4.78, 5) is 0. The first-order chi connectivity index (χ1) is 10.1. The molecule has 2 heteroatoms. The first kappa shape index (κ1) is 12.5. The summed E-state index contributed by atoms with van der Waals surface area (Å²) in [7, 11) is 0. The van der Waals surface area contributed by atoms with Crippen LogP contribution in [0.3, 0.4) is 0 Å². The van der Waals surface area contributed by atoms with Crippen LogP contribution in [0.1, 0.15) is 56.1 Å². The third kappa shape index (κ3) is 1.34. The second-order valence-electron chi connectivity index (χ2n) is 8.36. The fourth-order valence-electron chi connectivity index (χ4n) is 6.83. The van der Waals surface area contributed by atoms with Crippen molar-refractivity contribution in [1.29, 1.82) is 0 Å². The normalized spacial score (nSPS) is 49.8. The topological polar surface area (TPSA) is 40.5 Å². The summed E-state index contributed by atoms with van der Waals surface area (Å²) in [5.41, 5.74) is 3.68. The number of phenols is 1.